The summed E-state index contributed by atoms with van der Waals surface area (Å²) in [6.45, 7) is 4.34. The van der Waals surface area contributed by atoms with E-state index in [-0.39, 0.29) is 0 Å². The van der Waals surface area contributed by atoms with Crippen molar-refractivity contribution >= 4 is 5.96 Å². The summed E-state index contributed by atoms with van der Waals surface area (Å²) in [5.74, 6) is 3.25. The first-order valence-electron chi connectivity index (χ1n) is 10.2. The fourth-order valence-electron chi connectivity index (χ4n) is 3.71. The van der Waals surface area contributed by atoms with Crippen molar-refractivity contribution < 1.29 is 14.2 Å². The first-order chi connectivity index (χ1) is 14.7. The molecule has 1 aliphatic rings. The topological polar surface area (TPSA) is 67.4 Å². The molecule has 3 rings (SSSR count). The highest BCUT2D eigenvalue weighted by Gasteiger charge is 2.19. The van der Waals surface area contributed by atoms with Gasteiger partial charge < -0.3 is 24.8 Å². The van der Waals surface area contributed by atoms with Crippen LogP contribution in [0, 0.1) is 0 Å². The quantitative estimate of drug-likeness (QED) is 0.513. The summed E-state index contributed by atoms with van der Waals surface area (Å²) in [5, 5.41) is 6.75. The number of hydrogen-bond donors (Lipinski definition) is 2. The molecular formula is C23H32N4O3. The van der Waals surface area contributed by atoms with Crippen molar-refractivity contribution in [2.24, 2.45) is 4.99 Å². The molecule has 162 valence electrons. The summed E-state index contributed by atoms with van der Waals surface area (Å²) >= 11 is 0. The van der Waals surface area contributed by atoms with Crippen LogP contribution in [-0.2, 0) is 19.5 Å². The van der Waals surface area contributed by atoms with E-state index in [1.54, 1.807) is 28.4 Å². The predicted molar refractivity (Wildman–Crippen MR) is 120 cm³/mol. The van der Waals surface area contributed by atoms with Gasteiger partial charge in [-0.1, -0.05) is 18.2 Å². The highest BCUT2D eigenvalue weighted by molar-refractivity contribution is 5.79. The van der Waals surface area contributed by atoms with Crippen molar-refractivity contribution in [3.63, 3.8) is 0 Å². The molecule has 0 unspecified atom stereocenters. The summed E-state index contributed by atoms with van der Waals surface area (Å²) < 4.78 is 16.3. The number of aliphatic imine (C=N–C) groups is 1. The van der Waals surface area contributed by atoms with Gasteiger partial charge in [-0.2, -0.15) is 0 Å². The minimum atomic E-state index is 0.655. The average molecular weight is 413 g/mol. The number of methoxy groups -OCH3 is 3. The van der Waals surface area contributed by atoms with Crippen LogP contribution in [0.4, 0.5) is 0 Å². The maximum Gasteiger partial charge on any atom is 0.191 e. The van der Waals surface area contributed by atoms with Crippen molar-refractivity contribution in [1.82, 2.24) is 15.5 Å². The predicted octanol–water partition coefficient (Wildman–Crippen LogP) is 2.44. The number of nitrogens with zero attached hydrogens (tertiary/aromatic N) is 2. The normalized spacial score (nSPS) is 14.1. The van der Waals surface area contributed by atoms with Gasteiger partial charge in [-0.3, -0.25) is 9.89 Å². The van der Waals surface area contributed by atoms with Crippen LogP contribution >= 0.6 is 0 Å². The number of nitrogens with one attached hydrogen (secondary N) is 2. The van der Waals surface area contributed by atoms with Gasteiger partial charge in [0.2, 0.25) is 0 Å². The van der Waals surface area contributed by atoms with Crippen LogP contribution in [-0.4, -0.2) is 58.9 Å². The smallest absolute Gasteiger partial charge is 0.191 e. The zero-order chi connectivity index (χ0) is 21.3. The average Bonchev–Trinajstić information content (AvgIpc) is 2.80. The second kappa shape index (κ2) is 10.7. The summed E-state index contributed by atoms with van der Waals surface area (Å²) in [4.78, 5) is 6.76. The van der Waals surface area contributed by atoms with Crippen molar-refractivity contribution in [3.8, 4) is 17.2 Å². The molecule has 1 heterocycles. The van der Waals surface area contributed by atoms with Crippen LogP contribution in [0.5, 0.6) is 17.2 Å². The minimum absolute atomic E-state index is 0.655. The van der Waals surface area contributed by atoms with Gasteiger partial charge in [0.25, 0.3) is 0 Å². The summed E-state index contributed by atoms with van der Waals surface area (Å²) in [6, 6.07) is 12.2. The third-order valence-electron chi connectivity index (χ3n) is 5.38. The van der Waals surface area contributed by atoms with Crippen molar-refractivity contribution in [2.75, 3.05) is 48.0 Å². The molecule has 0 atom stereocenters. The molecule has 2 aromatic rings. The standard InChI is InChI=1S/C23H32N4O3/c1-24-23(26-15-18-7-5-6-8-20(18)28-2)25-10-12-27-11-9-17-13-21(29-3)22(30-4)14-19(17)16-27/h5-8,13-14H,9-12,15-16H2,1-4H3,(H2,24,25,26). The molecule has 0 aromatic heterocycles. The Morgan fingerprint density at radius 1 is 0.967 bits per heavy atom. The van der Waals surface area contributed by atoms with E-state index in [0.717, 1.165) is 61.4 Å². The summed E-state index contributed by atoms with van der Waals surface area (Å²) in [6.07, 6.45) is 1.01. The highest BCUT2D eigenvalue weighted by Crippen LogP contribution is 2.33. The number of ether oxygens (including phenoxy) is 3. The second-order valence-electron chi connectivity index (χ2n) is 7.17. The Kier molecular flexibility index (Phi) is 7.79. The molecule has 7 nitrogen and oxygen atoms in total. The zero-order valence-electron chi connectivity index (χ0n) is 18.3. The lowest BCUT2D eigenvalue weighted by Gasteiger charge is -2.29. The zero-order valence-corrected chi connectivity index (χ0v) is 18.3. The van der Waals surface area contributed by atoms with Crippen molar-refractivity contribution in [2.45, 2.75) is 19.5 Å². The fraction of sp³-hybridized carbons (Fsp3) is 0.435. The Morgan fingerprint density at radius 3 is 2.37 bits per heavy atom. The monoisotopic (exact) mass is 412 g/mol. The number of rotatable bonds is 8. The molecule has 0 bridgehead atoms. The third kappa shape index (κ3) is 5.36. The Labute approximate surface area is 179 Å². The molecule has 0 fully saturated rings. The maximum absolute atomic E-state index is 5.46. The molecule has 7 heteroatoms. The molecule has 0 spiro atoms. The van der Waals surface area contributed by atoms with Crippen LogP contribution in [0.25, 0.3) is 0 Å². The van der Waals surface area contributed by atoms with E-state index in [4.69, 9.17) is 14.2 Å². The lowest BCUT2D eigenvalue weighted by molar-refractivity contribution is 0.256. The Bertz CT molecular complexity index is 870. The SMILES string of the molecule is CN=C(NCCN1CCc2cc(OC)c(OC)cc2C1)NCc1ccccc1OC. The van der Waals surface area contributed by atoms with Crippen LogP contribution in [0.2, 0.25) is 0 Å². The van der Waals surface area contributed by atoms with Gasteiger partial charge in [-0.15, -0.1) is 0 Å². The second-order valence-corrected chi connectivity index (χ2v) is 7.17. The molecule has 1 aliphatic heterocycles. The molecule has 0 saturated heterocycles. The number of fused-ring (bicyclic) bond motifs is 1. The van der Waals surface area contributed by atoms with Crippen LogP contribution in [0.15, 0.2) is 41.4 Å². The van der Waals surface area contributed by atoms with E-state index in [1.807, 2.05) is 24.3 Å². The Balaban J connectivity index is 1.49. The first-order valence-corrected chi connectivity index (χ1v) is 10.2. The number of guanidine groups is 1. The summed E-state index contributed by atoms with van der Waals surface area (Å²) in [7, 11) is 6.83. The van der Waals surface area contributed by atoms with Crippen molar-refractivity contribution in [1.29, 1.82) is 0 Å². The van der Waals surface area contributed by atoms with Crippen LogP contribution < -0.4 is 24.8 Å². The van der Waals surface area contributed by atoms with E-state index < -0.39 is 0 Å². The number of hydrogen-bond acceptors (Lipinski definition) is 5. The molecule has 0 radical (unpaired) electrons. The van der Waals surface area contributed by atoms with Gasteiger partial charge >= 0.3 is 0 Å². The van der Waals surface area contributed by atoms with E-state index >= 15 is 0 Å². The highest BCUT2D eigenvalue weighted by atomic mass is 16.5. The molecule has 30 heavy (non-hydrogen) atoms. The van der Waals surface area contributed by atoms with E-state index in [1.165, 1.54) is 11.1 Å². The molecular weight excluding hydrogens is 380 g/mol. The number of para-hydroxylation sites is 1. The third-order valence-corrected chi connectivity index (χ3v) is 5.38. The van der Waals surface area contributed by atoms with E-state index in [2.05, 4.69) is 32.7 Å². The Hall–Kier alpha value is -2.93. The van der Waals surface area contributed by atoms with Gasteiger partial charge in [-0.25, -0.2) is 0 Å². The van der Waals surface area contributed by atoms with Crippen molar-refractivity contribution in [3.05, 3.63) is 53.1 Å². The van der Waals surface area contributed by atoms with Gasteiger partial charge in [-0.05, 0) is 35.7 Å². The van der Waals surface area contributed by atoms with Gasteiger partial charge in [0.1, 0.15) is 5.75 Å². The van der Waals surface area contributed by atoms with E-state index in [9.17, 15) is 0 Å². The summed E-state index contributed by atoms with van der Waals surface area (Å²) in [5.41, 5.74) is 3.74. The lowest BCUT2D eigenvalue weighted by Crippen LogP contribution is -2.42. The fourth-order valence-corrected chi connectivity index (χ4v) is 3.71. The molecule has 2 aromatic carbocycles. The number of benzene rings is 2. The van der Waals surface area contributed by atoms with Gasteiger partial charge in [0.05, 0.1) is 21.3 Å². The van der Waals surface area contributed by atoms with Gasteiger partial charge in [0.15, 0.2) is 17.5 Å². The molecule has 0 amide bonds. The largest absolute Gasteiger partial charge is 0.496 e. The van der Waals surface area contributed by atoms with Crippen LogP contribution in [0.3, 0.4) is 0 Å². The molecule has 0 aliphatic carbocycles. The maximum atomic E-state index is 5.46. The first kappa shape index (κ1) is 21.8. The Morgan fingerprint density at radius 2 is 1.67 bits per heavy atom. The van der Waals surface area contributed by atoms with E-state index in [0.29, 0.717) is 6.54 Å². The lowest BCUT2D eigenvalue weighted by atomic mass is 9.99. The molecule has 0 saturated carbocycles. The molecule has 2 N–H and O–H groups in total. The van der Waals surface area contributed by atoms with Crippen LogP contribution in [0.1, 0.15) is 16.7 Å². The van der Waals surface area contributed by atoms with Gasteiger partial charge in [0, 0.05) is 45.3 Å². The minimum Gasteiger partial charge on any atom is -0.496 e.